The summed E-state index contributed by atoms with van der Waals surface area (Å²) in [6.07, 6.45) is 0. The Kier molecular flexibility index (Phi) is 21.0. The molecule has 0 aliphatic carbocycles. The van der Waals surface area contributed by atoms with Crippen LogP contribution in [0.25, 0.3) is 0 Å². The zero-order valence-corrected chi connectivity index (χ0v) is 5.15. The molecular formula is C2H6GaO. The van der Waals surface area contributed by atoms with E-state index in [9.17, 15) is 0 Å². The summed E-state index contributed by atoms with van der Waals surface area (Å²) in [5, 5.41) is 7.57. The van der Waals surface area contributed by atoms with E-state index in [1.54, 1.807) is 6.92 Å². The molecule has 0 aromatic rings. The van der Waals surface area contributed by atoms with Gasteiger partial charge in [0.2, 0.25) is 0 Å². The van der Waals surface area contributed by atoms with Gasteiger partial charge in [0.1, 0.15) is 0 Å². The Morgan fingerprint density at radius 1 is 1.75 bits per heavy atom. The van der Waals surface area contributed by atoms with Crippen LogP contribution in [0, 0.1) is 0 Å². The molecule has 0 heterocycles. The van der Waals surface area contributed by atoms with Gasteiger partial charge in [-0.2, -0.15) is 0 Å². The molecule has 0 atom stereocenters. The summed E-state index contributed by atoms with van der Waals surface area (Å²) >= 11 is 0. The molecule has 0 unspecified atom stereocenters. The number of aliphatic hydroxyl groups excluding tert-OH is 1. The summed E-state index contributed by atoms with van der Waals surface area (Å²) in [5.41, 5.74) is 0. The van der Waals surface area contributed by atoms with E-state index in [1.807, 2.05) is 0 Å². The number of hydrogen-bond acceptors (Lipinski definition) is 1. The minimum atomic E-state index is 0. The van der Waals surface area contributed by atoms with Gasteiger partial charge in [-0.25, -0.2) is 0 Å². The molecule has 0 amide bonds. The van der Waals surface area contributed by atoms with Crippen molar-refractivity contribution < 1.29 is 5.11 Å². The maximum Gasteiger partial charge on any atom is 0.0402 e. The summed E-state index contributed by atoms with van der Waals surface area (Å²) < 4.78 is 0. The second-order valence-corrected chi connectivity index (χ2v) is 0.316. The maximum atomic E-state index is 7.57. The van der Waals surface area contributed by atoms with Gasteiger partial charge < -0.3 is 5.11 Å². The Balaban J connectivity index is 0. The van der Waals surface area contributed by atoms with E-state index in [2.05, 4.69) is 0 Å². The normalized spacial score (nSPS) is 4.50. The average molecular weight is 116 g/mol. The third-order valence-corrected chi connectivity index (χ3v) is 0. The molecule has 0 fully saturated rings. The zero-order chi connectivity index (χ0) is 2.71. The van der Waals surface area contributed by atoms with Crippen molar-refractivity contribution >= 4 is 19.8 Å². The Morgan fingerprint density at radius 3 is 1.75 bits per heavy atom. The zero-order valence-electron chi connectivity index (χ0n) is 2.73. The minimum Gasteiger partial charge on any atom is -0.397 e. The van der Waals surface area contributed by atoms with Crippen molar-refractivity contribution in [2.45, 2.75) is 6.92 Å². The van der Waals surface area contributed by atoms with Gasteiger partial charge in [-0.15, -0.1) is 0 Å². The molecular weight excluding hydrogens is 110 g/mol. The second-order valence-electron chi connectivity index (χ2n) is 0.316. The molecule has 4 heavy (non-hydrogen) atoms. The van der Waals surface area contributed by atoms with Crippen LogP contribution in [0.2, 0.25) is 0 Å². The predicted octanol–water partition coefficient (Wildman–Crippen LogP) is -0.382. The monoisotopic (exact) mass is 115 g/mol. The number of aliphatic hydroxyl groups is 1. The molecule has 3 radical (unpaired) electrons. The van der Waals surface area contributed by atoms with Crippen molar-refractivity contribution in [3.63, 3.8) is 0 Å². The molecule has 1 nitrogen and oxygen atoms in total. The third-order valence-electron chi connectivity index (χ3n) is 0. The minimum absolute atomic E-state index is 0. The van der Waals surface area contributed by atoms with E-state index >= 15 is 0 Å². The van der Waals surface area contributed by atoms with Crippen LogP contribution in [0.1, 0.15) is 6.92 Å². The molecule has 0 bridgehead atoms. The summed E-state index contributed by atoms with van der Waals surface area (Å²) in [4.78, 5) is 0. The maximum absolute atomic E-state index is 7.57. The van der Waals surface area contributed by atoms with E-state index in [1.165, 1.54) is 0 Å². The van der Waals surface area contributed by atoms with Crippen molar-refractivity contribution in [1.82, 2.24) is 0 Å². The van der Waals surface area contributed by atoms with Crippen molar-refractivity contribution in [2.24, 2.45) is 0 Å². The van der Waals surface area contributed by atoms with E-state index in [0.29, 0.717) is 0 Å². The Morgan fingerprint density at radius 2 is 1.75 bits per heavy atom. The van der Waals surface area contributed by atoms with Gasteiger partial charge in [-0.3, -0.25) is 0 Å². The van der Waals surface area contributed by atoms with Crippen LogP contribution in [-0.2, 0) is 0 Å². The quantitative estimate of drug-likeness (QED) is 0.427. The fraction of sp³-hybridized carbons (Fsp3) is 1.00. The first-order chi connectivity index (χ1) is 1.41. The van der Waals surface area contributed by atoms with Crippen molar-refractivity contribution in [3.05, 3.63) is 0 Å². The molecule has 0 saturated heterocycles. The SMILES string of the molecule is CCO.[Ga]. The van der Waals surface area contributed by atoms with Crippen LogP contribution >= 0.6 is 0 Å². The topological polar surface area (TPSA) is 20.2 Å². The molecule has 0 aliphatic rings. The molecule has 0 saturated carbocycles. The van der Waals surface area contributed by atoms with Crippen molar-refractivity contribution in [1.29, 1.82) is 0 Å². The Bertz CT molecular complexity index is 6.00. The van der Waals surface area contributed by atoms with Crippen LogP contribution in [0.15, 0.2) is 0 Å². The first-order valence-electron chi connectivity index (χ1n) is 1.02. The first kappa shape index (κ1) is 8.82. The van der Waals surface area contributed by atoms with Gasteiger partial charge in [-0.1, -0.05) is 0 Å². The van der Waals surface area contributed by atoms with Gasteiger partial charge in [0.25, 0.3) is 0 Å². The summed E-state index contributed by atoms with van der Waals surface area (Å²) in [6.45, 7) is 1.93. The standard InChI is InChI=1S/C2H6O.Ga/c1-2-3;/h3H,2H2,1H3;. The second kappa shape index (κ2) is 9.51. The predicted molar refractivity (Wildman–Crippen MR) is 18.5 cm³/mol. The summed E-state index contributed by atoms with van der Waals surface area (Å²) in [7, 11) is 0. The van der Waals surface area contributed by atoms with Crippen LogP contribution in [0.5, 0.6) is 0 Å². The largest absolute Gasteiger partial charge is 0.397 e. The van der Waals surface area contributed by atoms with Gasteiger partial charge in [0.15, 0.2) is 0 Å². The molecule has 1 N–H and O–H groups in total. The van der Waals surface area contributed by atoms with Gasteiger partial charge in [0, 0.05) is 26.4 Å². The molecule has 0 aliphatic heterocycles. The van der Waals surface area contributed by atoms with Crippen LogP contribution in [-0.4, -0.2) is 31.5 Å². The molecule has 0 spiro atoms. The summed E-state index contributed by atoms with van der Waals surface area (Å²) in [5.74, 6) is 0. The van der Waals surface area contributed by atoms with E-state index in [0.717, 1.165) is 0 Å². The van der Waals surface area contributed by atoms with Gasteiger partial charge in [-0.05, 0) is 6.92 Å². The van der Waals surface area contributed by atoms with Gasteiger partial charge >= 0.3 is 0 Å². The number of hydrogen-bond donors (Lipinski definition) is 1. The van der Waals surface area contributed by atoms with Crippen molar-refractivity contribution in [2.75, 3.05) is 6.61 Å². The summed E-state index contributed by atoms with van der Waals surface area (Å²) in [6, 6.07) is 0. The molecule has 0 rings (SSSR count). The fourth-order valence-corrected chi connectivity index (χ4v) is 0. The smallest absolute Gasteiger partial charge is 0.0402 e. The molecule has 23 valence electrons. The molecule has 0 aromatic carbocycles. The van der Waals surface area contributed by atoms with E-state index in [-0.39, 0.29) is 26.4 Å². The fourth-order valence-electron chi connectivity index (χ4n) is 0. The van der Waals surface area contributed by atoms with Crippen molar-refractivity contribution in [3.8, 4) is 0 Å². The Labute approximate surface area is 39.1 Å². The van der Waals surface area contributed by atoms with Crippen LogP contribution in [0.4, 0.5) is 0 Å². The average Bonchev–Trinajstić information content (AvgIpc) is 0.918. The van der Waals surface area contributed by atoms with E-state index in [4.69, 9.17) is 5.11 Å². The Hall–Kier alpha value is 0.596. The number of rotatable bonds is 0. The van der Waals surface area contributed by atoms with Crippen LogP contribution in [0.3, 0.4) is 0 Å². The van der Waals surface area contributed by atoms with Gasteiger partial charge in [0.05, 0.1) is 0 Å². The third kappa shape index (κ3) is 18.6. The molecule has 0 aromatic heterocycles. The van der Waals surface area contributed by atoms with Crippen LogP contribution < -0.4 is 0 Å². The first-order valence-corrected chi connectivity index (χ1v) is 1.02. The van der Waals surface area contributed by atoms with E-state index < -0.39 is 0 Å². The molecule has 2 heteroatoms.